The maximum atomic E-state index is 12.3. The SMILES string of the molecule is Cl.Cl.NCC(F)(F)C(F)(F)C(F)(F)CN. The number of halogens is 8. The average molecular weight is 283 g/mol. The third-order valence-electron chi connectivity index (χ3n) is 1.43. The van der Waals surface area contributed by atoms with Crippen LogP contribution in [0.25, 0.3) is 0 Å². The third-order valence-corrected chi connectivity index (χ3v) is 1.43. The van der Waals surface area contributed by atoms with Gasteiger partial charge in [0.15, 0.2) is 0 Å². The Bertz CT molecular complexity index is 170. The fraction of sp³-hybridized carbons (Fsp3) is 1.00. The van der Waals surface area contributed by atoms with Crippen molar-refractivity contribution >= 4 is 24.8 Å². The third kappa shape index (κ3) is 3.54. The van der Waals surface area contributed by atoms with Gasteiger partial charge in [-0.05, 0) is 0 Å². The highest BCUT2D eigenvalue weighted by atomic mass is 35.5. The Balaban J connectivity index is -0.000000720. The molecule has 0 heterocycles. The van der Waals surface area contributed by atoms with Crippen LogP contribution in [0.4, 0.5) is 26.3 Å². The number of hydrogen-bond donors (Lipinski definition) is 2. The van der Waals surface area contributed by atoms with E-state index in [0.29, 0.717) is 0 Å². The molecule has 4 N–H and O–H groups in total. The van der Waals surface area contributed by atoms with E-state index in [2.05, 4.69) is 11.5 Å². The van der Waals surface area contributed by atoms with Crippen molar-refractivity contribution in [3.8, 4) is 0 Å². The smallest absolute Gasteiger partial charge is 0.325 e. The second-order valence-corrected chi connectivity index (χ2v) is 2.39. The van der Waals surface area contributed by atoms with E-state index in [1.807, 2.05) is 0 Å². The van der Waals surface area contributed by atoms with Crippen molar-refractivity contribution < 1.29 is 26.3 Å². The molecule has 0 aliphatic heterocycles. The molecule has 0 radical (unpaired) electrons. The van der Waals surface area contributed by atoms with Crippen LogP contribution in [0.3, 0.4) is 0 Å². The first kappa shape index (κ1) is 20.5. The van der Waals surface area contributed by atoms with Gasteiger partial charge in [-0.25, -0.2) is 0 Å². The Hall–Kier alpha value is 0.0800. The predicted octanol–water partition coefficient (Wildman–Crippen LogP) is 1.65. The monoisotopic (exact) mass is 282 g/mol. The second-order valence-electron chi connectivity index (χ2n) is 2.39. The summed E-state index contributed by atoms with van der Waals surface area (Å²) in [6, 6.07) is 0. The normalized spacial score (nSPS) is 12.8. The van der Waals surface area contributed by atoms with Gasteiger partial charge in [0.05, 0.1) is 13.1 Å². The van der Waals surface area contributed by atoms with Crippen LogP contribution in [0.1, 0.15) is 0 Å². The number of hydrogen-bond acceptors (Lipinski definition) is 2. The van der Waals surface area contributed by atoms with Gasteiger partial charge in [0.25, 0.3) is 0 Å². The summed E-state index contributed by atoms with van der Waals surface area (Å²) in [7, 11) is 0. The fourth-order valence-corrected chi connectivity index (χ4v) is 0.524. The van der Waals surface area contributed by atoms with Gasteiger partial charge in [-0.15, -0.1) is 24.8 Å². The average Bonchev–Trinajstić information content (AvgIpc) is 2.03. The number of alkyl halides is 6. The van der Waals surface area contributed by atoms with Crippen molar-refractivity contribution in [1.82, 2.24) is 0 Å². The zero-order valence-corrected chi connectivity index (χ0v) is 8.79. The van der Waals surface area contributed by atoms with Crippen LogP contribution in [-0.2, 0) is 0 Å². The van der Waals surface area contributed by atoms with Gasteiger partial charge in [0.1, 0.15) is 0 Å². The lowest BCUT2D eigenvalue weighted by Crippen LogP contribution is -2.59. The Kier molecular flexibility index (Phi) is 8.16. The van der Waals surface area contributed by atoms with Gasteiger partial charge >= 0.3 is 17.8 Å². The molecule has 0 unspecified atom stereocenters. The predicted molar refractivity (Wildman–Crippen MR) is 47.4 cm³/mol. The molecule has 0 fully saturated rings. The summed E-state index contributed by atoms with van der Waals surface area (Å²) in [6.45, 7) is -3.73. The van der Waals surface area contributed by atoms with Crippen LogP contribution in [-0.4, -0.2) is 30.9 Å². The minimum absolute atomic E-state index is 0. The highest BCUT2D eigenvalue weighted by molar-refractivity contribution is 5.85. The maximum absolute atomic E-state index is 12.3. The van der Waals surface area contributed by atoms with Gasteiger partial charge in [-0.3, -0.25) is 0 Å². The molecule has 2 nitrogen and oxygen atoms in total. The zero-order chi connectivity index (χ0) is 10.9. The van der Waals surface area contributed by atoms with Gasteiger partial charge in [-0.1, -0.05) is 0 Å². The summed E-state index contributed by atoms with van der Waals surface area (Å²) in [5.41, 5.74) is 8.48. The van der Waals surface area contributed by atoms with Crippen LogP contribution < -0.4 is 11.5 Å². The van der Waals surface area contributed by atoms with Gasteiger partial charge in [0, 0.05) is 0 Å². The number of nitrogens with two attached hydrogens (primary N) is 2. The summed E-state index contributed by atoms with van der Waals surface area (Å²) < 4.78 is 73.5. The van der Waals surface area contributed by atoms with Crippen molar-refractivity contribution in [3.63, 3.8) is 0 Å². The molecule has 0 aromatic rings. The second kappa shape index (κ2) is 5.97. The van der Waals surface area contributed by atoms with E-state index in [0.717, 1.165) is 0 Å². The first-order valence-corrected chi connectivity index (χ1v) is 3.16. The molecule has 0 spiro atoms. The summed E-state index contributed by atoms with van der Waals surface area (Å²) in [6.07, 6.45) is 0. The Morgan fingerprint density at radius 3 is 1.00 bits per heavy atom. The van der Waals surface area contributed by atoms with Gasteiger partial charge in [0.2, 0.25) is 0 Å². The van der Waals surface area contributed by atoms with Crippen molar-refractivity contribution in [2.75, 3.05) is 13.1 Å². The van der Waals surface area contributed by atoms with Crippen LogP contribution in [0, 0.1) is 0 Å². The molecule has 0 aromatic carbocycles. The number of rotatable bonds is 4. The molecular formula is C5H10Cl2F6N2. The molecule has 0 saturated carbocycles. The molecule has 0 saturated heterocycles. The molecule has 0 aliphatic carbocycles. The summed E-state index contributed by atoms with van der Waals surface area (Å²) in [4.78, 5) is 0. The molecular weight excluding hydrogens is 273 g/mol. The fourth-order valence-electron chi connectivity index (χ4n) is 0.524. The topological polar surface area (TPSA) is 52.0 Å². The Labute approximate surface area is 94.2 Å². The molecule has 10 heteroatoms. The van der Waals surface area contributed by atoms with Crippen molar-refractivity contribution in [2.45, 2.75) is 17.8 Å². The summed E-state index contributed by atoms with van der Waals surface area (Å²) >= 11 is 0. The van der Waals surface area contributed by atoms with E-state index in [1.54, 1.807) is 0 Å². The largest absolute Gasteiger partial charge is 0.374 e. The Morgan fingerprint density at radius 1 is 0.667 bits per heavy atom. The van der Waals surface area contributed by atoms with E-state index in [9.17, 15) is 26.3 Å². The zero-order valence-electron chi connectivity index (χ0n) is 7.15. The van der Waals surface area contributed by atoms with E-state index >= 15 is 0 Å². The van der Waals surface area contributed by atoms with E-state index in [-0.39, 0.29) is 24.8 Å². The standard InChI is InChI=1S/C5H8F6N2.2ClH/c6-3(7,1-12)5(10,11)4(8,9)2-13;;/h1-2,12-13H2;2*1H. The van der Waals surface area contributed by atoms with Gasteiger partial charge < -0.3 is 11.5 Å². The van der Waals surface area contributed by atoms with Crippen LogP contribution >= 0.6 is 24.8 Å². The lowest BCUT2D eigenvalue weighted by atomic mass is 10.1. The molecule has 0 aliphatic rings. The lowest BCUT2D eigenvalue weighted by Gasteiger charge is -2.31. The molecule has 96 valence electrons. The molecule has 0 amide bonds. The highest BCUT2D eigenvalue weighted by Gasteiger charge is 2.70. The first-order chi connectivity index (χ1) is 5.62. The molecule has 0 aromatic heterocycles. The minimum atomic E-state index is -5.52. The molecule has 0 atom stereocenters. The summed E-state index contributed by atoms with van der Waals surface area (Å²) in [5, 5.41) is 0. The first-order valence-electron chi connectivity index (χ1n) is 3.16. The van der Waals surface area contributed by atoms with E-state index in [4.69, 9.17) is 0 Å². The Morgan fingerprint density at radius 2 is 0.867 bits per heavy atom. The van der Waals surface area contributed by atoms with Crippen LogP contribution in [0.5, 0.6) is 0 Å². The van der Waals surface area contributed by atoms with Crippen LogP contribution in [0.2, 0.25) is 0 Å². The quantitative estimate of drug-likeness (QED) is 0.771. The molecule has 0 bridgehead atoms. The maximum Gasteiger partial charge on any atom is 0.374 e. The van der Waals surface area contributed by atoms with Crippen LogP contribution in [0.15, 0.2) is 0 Å². The van der Waals surface area contributed by atoms with Crippen molar-refractivity contribution in [2.24, 2.45) is 11.5 Å². The van der Waals surface area contributed by atoms with Crippen molar-refractivity contribution in [3.05, 3.63) is 0 Å². The molecule has 15 heavy (non-hydrogen) atoms. The van der Waals surface area contributed by atoms with E-state index in [1.165, 1.54) is 0 Å². The van der Waals surface area contributed by atoms with Gasteiger partial charge in [-0.2, -0.15) is 26.3 Å². The van der Waals surface area contributed by atoms with E-state index < -0.39 is 30.9 Å². The van der Waals surface area contributed by atoms with Crippen molar-refractivity contribution in [1.29, 1.82) is 0 Å². The minimum Gasteiger partial charge on any atom is -0.325 e. The lowest BCUT2D eigenvalue weighted by molar-refractivity contribution is -0.301. The highest BCUT2D eigenvalue weighted by Crippen LogP contribution is 2.44. The molecule has 0 rings (SSSR count). The summed E-state index contributed by atoms with van der Waals surface area (Å²) in [5.74, 6) is -15.4.